The average molecular weight is 379 g/mol. The normalized spacial score (nSPS) is 34.4. The molecule has 2 saturated heterocycles. The molecule has 3 unspecified atom stereocenters. The zero-order valence-electron chi connectivity index (χ0n) is 16.5. The van der Waals surface area contributed by atoms with Crippen LogP contribution < -0.4 is 0 Å². The van der Waals surface area contributed by atoms with Crippen molar-refractivity contribution in [1.29, 1.82) is 0 Å². The standard InChI is InChI=1S/C21H34N2O2S/c1-21(2,3)16-8-12-20(13-9-16)26(24,25)22-14-18-10-11-19(15-22)23(18)17-6-4-5-7-17/h8,12-13,16-19H,4-7,9-11,14-15H2,1-3H3. The van der Waals surface area contributed by atoms with E-state index in [1.54, 1.807) is 4.31 Å². The molecule has 26 heavy (non-hydrogen) atoms. The van der Waals surface area contributed by atoms with E-state index in [-0.39, 0.29) is 5.41 Å². The van der Waals surface area contributed by atoms with E-state index in [0.29, 0.717) is 42.0 Å². The minimum Gasteiger partial charge on any atom is -0.292 e. The van der Waals surface area contributed by atoms with Gasteiger partial charge < -0.3 is 0 Å². The molecule has 3 atom stereocenters. The number of rotatable bonds is 3. The van der Waals surface area contributed by atoms with Crippen LogP contribution >= 0.6 is 0 Å². The number of sulfonamides is 1. The predicted molar refractivity (Wildman–Crippen MR) is 106 cm³/mol. The predicted octanol–water partition coefficient (Wildman–Crippen LogP) is 3.91. The maximum absolute atomic E-state index is 13.2. The first-order chi connectivity index (χ1) is 12.3. The molecular weight excluding hydrogens is 344 g/mol. The highest BCUT2D eigenvalue weighted by Crippen LogP contribution is 2.40. The van der Waals surface area contributed by atoms with Gasteiger partial charge in [0.2, 0.25) is 10.0 Å². The Morgan fingerprint density at radius 1 is 0.962 bits per heavy atom. The van der Waals surface area contributed by atoms with Gasteiger partial charge in [0.05, 0.1) is 4.91 Å². The van der Waals surface area contributed by atoms with Crippen molar-refractivity contribution >= 4 is 10.0 Å². The number of nitrogens with zero attached hydrogens (tertiary/aromatic N) is 2. The highest BCUT2D eigenvalue weighted by Gasteiger charge is 2.47. The third-order valence-electron chi connectivity index (χ3n) is 7.07. The summed E-state index contributed by atoms with van der Waals surface area (Å²) in [5.41, 5.74) is 0.175. The van der Waals surface area contributed by atoms with Crippen LogP contribution in [-0.4, -0.2) is 48.8 Å². The van der Waals surface area contributed by atoms with Crippen LogP contribution in [0.25, 0.3) is 0 Å². The number of hydrogen-bond acceptors (Lipinski definition) is 3. The van der Waals surface area contributed by atoms with Crippen LogP contribution in [0.3, 0.4) is 0 Å². The van der Waals surface area contributed by atoms with E-state index in [1.165, 1.54) is 25.7 Å². The summed E-state index contributed by atoms with van der Waals surface area (Å²) in [7, 11) is -3.35. The molecular formula is C21H34N2O2S. The first-order valence-corrected chi connectivity index (χ1v) is 11.9. The molecule has 3 fully saturated rings. The van der Waals surface area contributed by atoms with Gasteiger partial charge in [-0.1, -0.05) is 45.8 Å². The molecule has 1 saturated carbocycles. The number of hydrogen-bond donors (Lipinski definition) is 0. The van der Waals surface area contributed by atoms with Gasteiger partial charge in [0.25, 0.3) is 0 Å². The number of allylic oxidation sites excluding steroid dienone is 3. The quantitative estimate of drug-likeness (QED) is 0.747. The van der Waals surface area contributed by atoms with Crippen molar-refractivity contribution in [3.05, 3.63) is 23.1 Å². The van der Waals surface area contributed by atoms with Crippen molar-refractivity contribution in [2.45, 2.75) is 83.8 Å². The molecule has 4 rings (SSSR count). The smallest absolute Gasteiger partial charge is 0.242 e. The van der Waals surface area contributed by atoms with E-state index in [4.69, 9.17) is 0 Å². The second-order valence-corrected chi connectivity index (χ2v) is 11.7. The van der Waals surface area contributed by atoms with Gasteiger partial charge in [-0.05, 0) is 49.5 Å². The molecule has 0 aromatic carbocycles. The molecule has 0 spiro atoms. The largest absolute Gasteiger partial charge is 0.292 e. The van der Waals surface area contributed by atoms with Crippen molar-refractivity contribution in [2.75, 3.05) is 13.1 Å². The average Bonchev–Trinajstić information content (AvgIpc) is 3.19. The second-order valence-electron chi connectivity index (χ2n) is 9.77. The van der Waals surface area contributed by atoms with Gasteiger partial charge in [-0.25, -0.2) is 8.42 Å². The molecule has 0 radical (unpaired) electrons. The molecule has 0 aromatic rings. The van der Waals surface area contributed by atoms with Gasteiger partial charge in [-0.2, -0.15) is 4.31 Å². The first kappa shape index (κ1) is 18.7. The maximum atomic E-state index is 13.2. The molecule has 5 heteroatoms. The van der Waals surface area contributed by atoms with Crippen molar-refractivity contribution in [3.63, 3.8) is 0 Å². The summed E-state index contributed by atoms with van der Waals surface area (Å²) in [6.07, 6.45) is 14.4. The third kappa shape index (κ3) is 3.31. The molecule has 4 nitrogen and oxygen atoms in total. The van der Waals surface area contributed by atoms with Crippen molar-refractivity contribution in [2.24, 2.45) is 11.3 Å². The Kier molecular flexibility index (Phi) is 4.85. The summed E-state index contributed by atoms with van der Waals surface area (Å²) in [6.45, 7) is 8.02. The summed E-state index contributed by atoms with van der Waals surface area (Å²) in [5, 5.41) is 0. The van der Waals surface area contributed by atoms with Gasteiger partial charge in [0, 0.05) is 31.2 Å². The van der Waals surface area contributed by atoms with E-state index in [0.717, 1.165) is 19.3 Å². The molecule has 4 aliphatic rings. The van der Waals surface area contributed by atoms with Crippen LogP contribution in [0.1, 0.15) is 65.7 Å². The van der Waals surface area contributed by atoms with E-state index in [1.807, 2.05) is 12.2 Å². The van der Waals surface area contributed by atoms with Crippen molar-refractivity contribution in [3.8, 4) is 0 Å². The van der Waals surface area contributed by atoms with Crippen LogP contribution in [-0.2, 0) is 10.0 Å². The highest BCUT2D eigenvalue weighted by atomic mass is 32.2. The third-order valence-corrected chi connectivity index (χ3v) is 8.94. The molecule has 0 amide bonds. The monoisotopic (exact) mass is 378 g/mol. The number of fused-ring (bicyclic) bond motifs is 2. The van der Waals surface area contributed by atoms with Crippen LogP contribution in [0.15, 0.2) is 23.1 Å². The van der Waals surface area contributed by atoms with E-state index < -0.39 is 10.0 Å². The first-order valence-electron chi connectivity index (χ1n) is 10.4. The van der Waals surface area contributed by atoms with Gasteiger partial charge in [-0.3, -0.25) is 4.90 Å². The Hall–Kier alpha value is -0.650. The Bertz CT molecular complexity index is 684. The summed E-state index contributed by atoms with van der Waals surface area (Å²) in [6, 6.07) is 1.57. The lowest BCUT2D eigenvalue weighted by atomic mass is 9.77. The van der Waals surface area contributed by atoms with Crippen LogP contribution in [0.5, 0.6) is 0 Å². The molecule has 0 aromatic heterocycles. The Balaban J connectivity index is 1.47. The fourth-order valence-electron chi connectivity index (χ4n) is 5.48. The van der Waals surface area contributed by atoms with Crippen molar-refractivity contribution in [1.82, 2.24) is 9.21 Å². The van der Waals surface area contributed by atoms with Crippen molar-refractivity contribution < 1.29 is 8.42 Å². The fraction of sp³-hybridized carbons (Fsp3) is 0.810. The van der Waals surface area contributed by atoms with Gasteiger partial charge in [-0.15, -0.1) is 0 Å². The minimum atomic E-state index is -3.35. The minimum absolute atomic E-state index is 0.175. The summed E-state index contributed by atoms with van der Waals surface area (Å²) >= 11 is 0. The fourth-order valence-corrected chi connectivity index (χ4v) is 7.07. The van der Waals surface area contributed by atoms with Gasteiger partial charge in [0.1, 0.15) is 0 Å². The Morgan fingerprint density at radius 3 is 2.08 bits per heavy atom. The summed E-state index contributed by atoms with van der Waals surface area (Å²) in [5.74, 6) is 0.414. The van der Waals surface area contributed by atoms with E-state index in [9.17, 15) is 8.42 Å². The summed E-state index contributed by atoms with van der Waals surface area (Å²) < 4.78 is 28.2. The molecule has 2 heterocycles. The summed E-state index contributed by atoms with van der Waals surface area (Å²) in [4.78, 5) is 3.21. The maximum Gasteiger partial charge on any atom is 0.242 e. The van der Waals surface area contributed by atoms with Crippen LogP contribution in [0.4, 0.5) is 0 Å². The van der Waals surface area contributed by atoms with E-state index >= 15 is 0 Å². The zero-order valence-corrected chi connectivity index (χ0v) is 17.3. The molecule has 2 aliphatic heterocycles. The lowest BCUT2D eigenvalue weighted by Gasteiger charge is -2.43. The molecule has 2 bridgehead atoms. The van der Waals surface area contributed by atoms with Crippen LogP contribution in [0, 0.1) is 11.3 Å². The Morgan fingerprint density at radius 2 is 1.58 bits per heavy atom. The van der Waals surface area contributed by atoms with E-state index in [2.05, 4.69) is 31.7 Å². The number of piperazine rings is 1. The Labute approximate surface area is 159 Å². The SMILES string of the molecule is CC(C)(C)C1C=CC(S(=O)(=O)N2CC3CCC(C2)N3C2CCCC2)=CC1. The molecule has 0 N–H and O–H groups in total. The topological polar surface area (TPSA) is 40.6 Å². The van der Waals surface area contributed by atoms with Crippen LogP contribution in [0.2, 0.25) is 0 Å². The van der Waals surface area contributed by atoms with Gasteiger partial charge >= 0.3 is 0 Å². The second kappa shape index (κ2) is 6.75. The molecule has 146 valence electrons. The zero-order chi connectivity index (χ0) is 18.5. The molecule has 2 aliphatic carbocycles. The lowest BCUT2D eigenvalue weighted by Crippen LogP contribution is -2.57. The lowest BCUT2D eigenvalue weighted by molar-refractivity contribution is 0.0681. The van der Waals surface area contributed by atoms with Gasteiger partial charge in [0.15, 0.2) is 0 Å². The highest BCUT2D eigenvalue weighted by molar-refractivity contribution is 7.93.